The molecule has 2 unspecified atom stereocenters. The maximum absolute atomic E-state index is 12.9. The molecule has 63 heavy (non-hydrogen) atoms. The topological polar surface area (TPSA) is 192 Å². The number of aliphatic hydroxyl groups excluding tert-OH is 2. The summed E-state index contributed by atoms with van der Waals surface area (Å²) in [6, 6.07) is 0. The number of aliphatic carboxylic acids is 2. The van der Waals surface area contributed by atoms with Gasteiger partial charge in [-0.1, -0.05) is 65.0 Å². The van der Waals surface area contributed by atoms with Crippen LogP contribution in [-0.2, 0) is 42.7 Å². The average molecular weight is 884 g/mol. The molecular formula is C49H73NO13. The molecule has 14 heteroatoms. The molecule has 0 aromatic carbocycles. The lowest BCUT2D eigenvalue weighted by Gasteiger charge is -2.53. The lowest BCUT2D eigenvalue weighted by atomic mass is 9.74. The van der Waals surface area contributed by atoms with Crippen molar-refractivity contribution in [3.63, 3.8) is 0 Å². The number of fused-ring (bicyclic) bond motifs is 5. The fourth-order valence-corrected chi connectivity index (χ4v) is 13.9. The van der Waals surface area contributed by atoms with Crippen LogP contribution < -0.4 is 5.32 Å². The van der Waals surface area contributed by atoms with Gasteiger partial charge in [-0.2, -0.15) is 0 Å². The maximum Gasteiger partial charge on any atom is 0.309 e. The van der Waals surface area contributed by atoms with Gasteiger partial charge in [-0.15, -0.1) is 0 Å². The lowest BCUT2D eigenvalue weighted by molar-refractivity contribution is -0.366. The minimum atomic E-state index is -1.23. The van der Waals surface area contributed by atoms with Crippen molar-refractivity contribution in [2.24, 2.45) is 41.4 Å². The maximum atomic E-state index is 12.9. The molecular weight excluding hydrogens is 811 g/mol. The molecule has 14 nitrogen and oxygen atoms in total. The van der Waals surface area contributed by atoms with Gasteiger partial charge in [-0.3, -0.25) is 9.59 Å². The zero-order valence-electron chi connectivity index (χ0n) is 38.1. The van der Waals surface area contributed by atoms with Crippen LogP contribution in [0.5, 0.6) is 0 Å². The number of hydrogen-bond donors (Lipinski definition) is 5. The summed E-state index contributed by atoms with van der Waals surface area (Å²) >= 11 is 0. The van der Waals surface area contributed by atoms with E-state index in [0.29, 0.717) is 68.6 Å². The van der Waals surface area contributed by atoms with Crippen molar-refractivity contribution in [2.45, 2.75) is 209 Å². The third-order valence-electron chi connectivity index (χ3n) is 16.8. The molecule has 352 valence electrons. The van der Waals surface area contributed by atoms with Gasteiger partial charge in [0.25, 0.3) is 0 Å². The Kier molecular flexibility index (Phi) is 12.5. The highest BCUT2D eigenvalue weighted by Crippen LogP contribution is 2.57. The second-order valence-corrected chi connectivity index (χ2v) is 22.0. The first-order chi connectivity index (χ1) is 29.8. The standard InChI is InChI=1S/C49H73NO13/c1-25-13-33(9-8-32(51)17-41(52)53)59-47(19-25)10-11-49(63-47)31(7)16-37-38(62-49)18-39(57-37)42(54)44-34(45(55)56)15-28(4)43(58-44)29(5)21-48-20-26(2)14-36(60-48)35-22-46(23-40(35)61-48)30(6)12-27(3)24-50-46/h8-9,13,26-28,30-40,42-44,50-51,54H,5,10-12,14-24H2,1-4,6-7H3,(H,52,53)(H,55,56)/t26-,27+,28-,30-,31+,32-,33+,34+,35-,36+,37+,38+,39?,40+,42+,43-,44?,46+,47+,48+,49+/m0/s1. The van der Waals surface area contributed by atoms with Gasteiger partial charge in [-0.05, 0) is 81.2 Å². The molecule has 21 atom stereocenters. The van der Waals surface area contributed by atoms with Crippen molar-refractivity contribution >= 4 is 11.9 Å². The van der Waals surface area contributed by atoms with Crippen LogP contribution in [0.1, 0.15) is 125 Å². The molecule has 1 aliphatic carbocycles. The van der Waals surface area contributed by atoms with Crippen LogP contribution in [0.25, 0.3) is 0 Å². The van der Waals surface area contributed by atoms with Crippen LogP contribution >= 0.6 is 0 Å². The Labute approximate surface area is 372 Å². The highest BCUT2D eigenvalue weighted by Gasteiger charge is 2.63. The van der Waals surface area contributed by atoms with Crippen LogP contribution in [0.4, 0.5) is 0 Å². The number of carboxylic acid groups (broad SMARTS) is 2. The first kappa shape index (κ1) is 45.9. The van der Waals surface area contributed by atoms with Gasteiger partial charge in [0, 0.05) is 55.9 Å². The van der Waals surface area contributed by atoms with Crippen LogP contribution in [0, 0.1) is 41.4 Å². The van der Waals surface area contributed by atoms with Crippen molar-refractivity contribution in [3.8, 4) is 0 Å². The molecule has 9 aliphatic rings. The molecule has 2 bridgehead atoms. The lowest BCUT2D eigenvalue weighted by Crippen LogP contribution is -2.57. The normalized spacial score (nSPS) is 50.3. The highest BCUT2D eigenvalue weighted by atomic mass is 16.8. The Morgan fingerprint density at radius 2 is 1.65 bits per heavy atom. The van der Waals surface area contributed by atoms with E-state index >= 15 is 0 Å². The smallest absolute Gasteiger partial charge is 0.309 e. The molecule has 8 fully saturated rings. The van der Waals surface area contributed by atoms with E-state index in [1.54, 1.807) is 6.08 Å². The summed E-state index contributed by atoms with van der Waals surface area (Å²) < 4.78 is 47.6. The average Bonchev–Trinajstić information content (AvgIpc) is 3.88. The summed E-state index contributed by atoms with van der Waals surface area (Å²) in [5.41, 5.74) is 1.92. The van der Waals surface area contributed by atoms with Gasteiger partial charge in [0.05, 0.1) is 61.2 Å². The zero-order chi connectivity index (χ0) is 44.8. The molecule has 0 aromatic heterocycles. The number of aliphatic hydroxyl groups is 2. The number of carboxylic acids is 2. The quantitative estimate of drug-likeness (QED) is 0.160. The minimum absolute atomic E-state index is 0.0660. The van der Waals surface area contributed by atoms with Gasteiger partial charge in [0.2, 0.25) is 0 Å². The number of ether oxygens (including phenoxy) is 7. The van der Waals surface area contributed by atoms with Crippen molar-refractivity contribution < 1.29 is 63.2 Å². The Morgan fingerprint density at radius 1 is 0.873 bits per heavy atom. The van der Waals surface area contributed by atoms with Crippen LogP contribution in [0.3, 0.4) is 0 Å². The number of nitrogens with one attached hydrogen (secondary N) is 1. The van der Waals surface area contributed by atoms with Crippen molar-refractivity contribution in [2.75, 3.05) is 6.54 Å². The monoisotopic (exact) mass is 884 g/mol. The zero-order valence-corrected chi connectivity index (χ0v) is 38.1. The van der Waals surface area contributed by atoms with E-state index in [9.17, 15) is 24.9 Å². The van der Waals surface area contributed by atoms with E-state index in [-0.39, 0.29) is 35.7 Å². The van der Waals surface area contributed by atoms with E-state index in [2.05, 4.69) is 39.6 Å². The highest BCUT2D eigenvalue weighted by molar-refractivity contribution is 5.71. The Morgan fingerprint density at radius 3 is 2.40 bits per heavy atom. The molecule has 5 N–H and O–H groups in total. The number of hydrogen-bond acceptors (Lipinski definition) is 12. The SMILES string of the molecule is C=C(C[C@]12C[C@@H](C)C[C@@H](O1)[C@@H]1C[C@]3(C[C@H]1O2)NC[C@H](C)C[C@@H]3C)[C@H]1OC([C@H](O)C2C[C@H]3O[C@@]4(CC[C@]5(CC(C)=C[C@@H](C=C[C@H](O)CC(=O)O)O5)O4)[C@H](C)C[C@H]3O2)[C@H](C(=O)O)C[C@@H]1C. The van der Waals surface area contributed by atoms with Gasteiger partial charge in [0.1, 0.15) is 12.2 Å². The number of piperidine rings is 1. The predicted molar refractivity (Wildman–Crippen MR) is 229 cm³/mol. The van der Waals surface area contributed by atoms with Crippen molar-refractivity contribution in [3.05, 3.63) is 36.0 Å². The van der Waals surface area contributed by atoms with Gasteiger partial charge in [-0.25, -0.2) is 0 Å². The Hall–Kier alpha value is -2.24. The molecule has 0 amide bonds. The predicted octanol–water partition coefficient (Wildman–Crippen LogP) is 6.03. The summed E-state index contributed by atoms with van der Waals surface area (Å²) in [5.74, 6) is -4.05. The van der Waals surface area contributed by atoms with Crippen molar-refractivity contribution in [1.82, 2.24) is 5.32 Å². The second-order valence-electron chi connectivity index (χ2n) is 22.0. The molecule has 0 aromatic rings. The summed E-state index contributed by atoms with van der Waals surface area (Å²) in [5, 5.41) is 45.8. The summed E-state index contributed by atoms with van der Waals surface area (Å²) in [6.07, 6.45) is 7.45. The van der Waals surface area contributed by atoms with Crippen LogP contribution in [-0.4, -0.2) is 123 Å². The molecule has 8 heterocycles. The van der Waals surface area contributed by atoms with E-state index in [0.717, 1.165) is 43.4 Å². The third kappa shape index (κ3) is 8.77. The van der Waals surface area contributed by atoms with Crippen molar-refractivity contribution in [1.29, 1.82) is 0 Å². The van der Waals surface area contributed by atoms with E-state index in [1.807, 2.05) is 19.9 Å². The van der Waals surface area contributed by atoms with E-state index in [4.69, 9.17) is 38.3 Å². The van der Waals surface area contributed by atoms with Crippen LogP contribution in [0.15, 0.2) is 36.0 Å². The number of carbonyl (C=O) groups is 2. The van der Waals surface area contributed by atoms with Gasteiger partial charge in [0.15, 0.2) is 17.4 Å². The Bertz CT molecular complexity index is 1820. The van der Waals surface area contributed by atoms with Crippen LogP contribution in [0.2, 0.25) is 0 Å². The second kappa shape index (κ2) is 17.1. The molecule has 0 radical (unpaired) electrons. The summed E-state index contributed by atoms with van der Waals surface area (Å²) in [6.45, 7) is 18.7. The Balaban J connectivity index is 0.857. The third-order valence-corrected chi connectivity index (χ3v) is 16.8. The largest absolute Gasteiger partial charge is 0.481 e. The number of rotatable bonds is 10. The minimum Gasteiger partial charge on any atom is -0.481 e. The first-order valence-corrected chi connectivity index (χ1v) is 24.1. The molecule has 9 rings (SSSR count). The van der Waals surface area contributed by atoms with E-state index in [1.165, 1.54) is 12.5 Å². The van der Waals surface area contributed by atoms with E-state index < -0.39 is 84.4 Å². The first-order valence-electron chi connectivity index (χ1n) is 24.1. The fraction of sp³-hybridized carbons (Fsp3) is 0.837. The van der Waals surface area contributed by atoms with Gasteiger partial charge >= 0.3 is 11.9 Å². The molecule has 8 aliphatic heterocycles. The molecule has 3 spiro atoms. The van der Waals surface area contributed by atoms with Gasteiger partial charge < -0.3 is 58.9 Å². The molecule has 7 saturated heterocycles. The summed E-state index contributed by atoms with van der Waals surface area (Å²) in [7, 11) is 0. The fourth-order valence-electron chi connectivity index (χ4n) is 13.9. The summed E-state index contributed by atoms with van der Waals surface area (Å²) in [4.78, 5) is 23.9. The molecule has 1 saturated carbocycles.